The Morgan fingerprint density at radius 1 is 1.32 bits per heavy atom. The average Bonchev–Trinajstić information content (AvgIpc) is 2.34. The van der Waals surface area contributed by atoms with Crippen molar-refractivity contribution in [2.24, 2.45) is 5.73 Å². The Kier molecular flexibility index (Phi) is 3.66. The summed E-state index contributed by atoms with van der Waals surface area (Å²) >= 11 is 0.974. The van der Waals surface area contributed by atoms with Crippen molar-refractivity contribution in [2.75, 3.05) is 5.75 Å². The highest BCUT2D eigenvalue weighted by molar-refractivity contribution is 8.00. The van der Waals surface area contributed by atoms with Gasteiger partial charge in [-0.3, -0.25) is 4.79 Å². The lowest BCUT2D eigenvalue weighted by atomic mass is 10.2. The van der Waals surface area contributed by atoms with Gasteiger partial charge in [-0.15, -0.1) is 11.8 Å². The molecule has 2 N–H and O–H groups in total. The van der Waals surface area contributed by atoms with Crippen LogP contribution in [0.3, 0.4) is 0 Å². The van der Waals surface area contributed by atoms with Gasteiger partial charge in [0.1, 0.15) is 5.69 Å². The molecule has 1 aromatic heterocycles. The summed E-state index contributed by atoms with van der Waals surface area (Å²) < 4.78 is 38.2. The number of carbonyl (C=O) groups excluding carboxylic acids is 1. The summed E-state index contributed by atoms with van der Waals surface area (Å²) in [5, 5.41) is 0.571. The zero-order chi connectivity index (χ0) is 14.0. The van der Waals surface area contributed by atoms with Crippen molar-refractivity contribution >= 4 is 28.6 Å². The van der Waals surface area contributed by atoms with Gasteiger partial charge in [0, 0.05) is 10.3 Å². The first-order valence-corrected chi connectivity index (χ1v) is 6.24. The molecule has 3 nitrogen and oxygen atoms in total. The topological polar surface area (TPSA) is 56.0 Å². The molecule has 0 aliphatic carbocycles. The summed E-state index contributed by atoms with van der Waals surface area (Å²) in [7, 11) is 0. The van der Waals surface area contributed by atoms with Crippen LogP contribution in [0.25, 0.3) is 10.9 Å². The van der Waals surface area contributed by atoms with Gasteiger partial charge in [0.25, 0.3) is 0 Å². The molecule has 1 aromatic carbocycles. The number of nitrogens with two attached hydrogens (primary N) is 1. The molecule has 0 aliphatic heterocycles. The first-order chi connectivity index (χ1) is 8.88. The van der Waals surface area contributed by atoms with Gasteiger partial charge in [-0.05, 0) is 12.1 Å². The summed E-state index contributed by atoms with van der Waals surface area (Å²) in [6, 6.07) is 7.41. The van der Waals surface area contributed by atoms with E-state index in [1.807, 2.05) is 0 Å². The number of pyridine rings is 1. The predicted molar refractivity (Wildman–Crippen MR) is 66.7 cm³/mol. The van der Waals surface area contributed by atoms with Crippen LogP contribution in [0.5, 0.6) is 0 Å². The van der Waals surface area contributed by atoms with E-state index in [-0.39, 0.29) is 11.3 Å². The molecule has 0 fully saturated rings. The summed E-state index contributed by atoms with van der Waals surface area (Å²) in [4.78, 5) is 14.7. The molecule has 0 spiro atoms. The van der Waals surface area contributed by atoms with Crippen LogP contribution in [0.2, 0.25) is 0 Å². The monoisotopic (exact) mass is 286 g/mol. The van der Waals surface area contributed by atoms with E-state index in [0.29, 0.717) is 10.3 Å². The lowest BCUT2D eigenvalue weighted by Gasteiger charge is -2.10. The van der Waals surface area contributed by atoms with Gasteiger partial charge >= 0.3 is 6.18 Å². The number of nitrogens with zero attached hydrogens (tertiary/aromatic N) is 1. The van der Waals surface area contributed by atoms with Gasteiger partial charge in [-0.25, -0.2) is 4.98 Å². The van der Waals surface area contributed by atoms with Gasteiger partial charge in [-0.2, -0.15) is 13.2 Å². The summed E-state index contributed by atoms with van der Waals surface area (Å²) in [6.45, 7) is 0. The molecule has 0 saturated carbocycles. The quantitative estimate of drug-likeness (QED) is 0.883. The minimum atomic E-state index is -4.52. The van der Waals surface area contributed by atoms with E-state index in [1.54, 1.807) is 18.2 Å². The number of benzene rings is 1. The molecular formula is C12H9F3N2OS. The van der Waals surface area contributed by atoms with E-state index in [0.717, 1.165) is 17.8 Å². The Labute approximate surface area is 111 Å². The minimum Gasteiger partial charge on any atom is -0.369 e. The average molecular weight is 286 g/mol. The van der Waals surface area contributed by atoms with Crippen LogP contribution < -0.4 is 5.73 Å². The predicted octanol–water partition coefficient (Wildman–Crippen LogP) is 2.83. The zero-order valence-corrected chi connectivity index (χ0v) is 10.4. The molecule has 0 aliphatic rings. The Morgan fingerprint density at radius 2 is 2.00 bits per heavy atom. The normalized spacial score (nSPS) is 11.7. The maximum absolute atomic E-state index is 12.7. The number of para-hydroxylation sites is 1. The number of rotatable bonds is 3. The number of primary amides is 1. The lowest BCUT2D eigenvalue weighted by Crippen LogP contribution is -2.13. The highest BCUT2D eigenvalue weighted by Gasteiger charge is 2.33. The second-order valence-corrected chi connectivity index (χ2v) is 4.79. The molecule has 0 radical (unpaired) electrons. The van der Waals surface area contributed by atoms with Crippen LogP contribution in [0.15, 0.2) is 35.2 Å². The molecule has 0 unspecified atom stereocenters. The highest BCUT2D eigenvalue weighted by atomic mass is 32.2. The van der Waals surface area contributed by atoms with Crippen LogP contribution >= 0.6 is 11.8 Å². The van der Waals surface area contributed by atoms with Gasteiger partial charge in [-0.1, -0.05) is 18.2 Å². The Balaban J connectivity index is 2.55. The molecule has 2 aromatic rings. The van der Waals surface area contributed by atoms with E-state index in [2.05, 4.69) is 4.98 Å². The number of carbonyl (C=O) groups is 1. The lowest BCUT2D eigenvalue weighted by molar-refractivity contribution is -0.141. The number of thioether (sulfide) groups is 1. The number of halogens is 3. The van der Waals surface area contributed by atoms with E-state index in [4.69, 9.17) is 5.73 Å². The fraction of sp³-hybridized carbons (Fsp3) is 0.167. The van der Waals surface area contributed by atoms with Crippen molar-refractivity contribution in [3.05, 3.63) is 36.0 Å². The van der Waals surface area contributed by atoms with Crippen molar-refractivity contribution in [3.63, 3.8) is 0 Å². The SMILES string of the molecule is NC(=O)CSc1cc(C(F)(F)F)nc2ccccc12. The molecule has 0 bridgehead atoms. The van der Waals surface area contributed by atoms with E-state index >= 15 is 0 Å². The van der Waals surface area contributed by atoms with Crippen molar-refractivity contribution in [2.45, 2.75) is 11.1 Å². The molecular weight excluding hydrogens is 277 g/mol. The first kappa shape index (κ1) is 13.7. The fourth-order valence-corrected chi connectivity index (χ4v) is 2.38. The van der Waals surface area contributed by atoms with Crippen molar-refractivity contribution in [1.29, 1.82) is 0 Å². The second-order valence-electron chi connectivity index (χ2n) is 3.78. The Hall–Kier alpha value is -1.76. The van der Waals surface area contributed by atoms with E-state index < -0.39 is 17.8 Å². The van der Waals surface area contributed by atoms with Crippen molar-refractivity contribution < 1.29 is 18.0 Å². The van der Waals surface area contributed by atoms with Crippen molar-refractivity contribution in [3.8, 4) is 0 Å². The molecule has 19 heavy (non-hydrogen) atoms. The van der Waals surface area contributed by atoms with E-state index in [9.17, 15) is 18.0 Å². The molecule has 7 heteroatoms. The Bertz CT molecular complexity index is 628. The molecule has 1 heterocycles. The number of fused-ring (bicyclic) bond motifs is 1. The summed E-state index contributed by atoms with van der Waals surface area (Å²) in [5.74, 6) is -0.662. The van der Waals surface area contributed by atoms with Crippen LogP contribution in [0, 0.1) is 0 Å². The first-order valence-electron chi connectivity index (χ1n) is 5.26. The summed E-state index contributed by atoms with van der Waals surface area (Å²) in [5.41, 5.74) is 4.28. The summed E-state index contributed by atoms with van der Waals surface area (Å²) in [6.07, 6.45) is -4.52. The third-order valence-corrected chi connectivity index (χ3v) is 3.42. The van der Waals surface area contributed by atoms with Crippen LogP contribution in [0.4, 0.5) is 13.2 Å². The highest BCUT2D eigenvalue weighted by Crippen LogP contribution is 2.34. The molecule has 0 saturated heterocycles. The number of hydrogen-bond acceptors (Lipinski definition) is 3. The van der Waals surface area contributed by atoms with Gasteiger partial charge in [0.2, 0.25) is 5.91 Å². The molecule has 100 valence electrons. The second kappa shape index (κ2) is 5.08. The van der Waals surface area contributed by atoms with E-state index in [1.165, 1.54) is 6.07 Å². The number of alkyl halides is 3. The molecule has 0 atom stereocenters. The van der Waals surface area contributed by atoms with Gasteiger partial charge in [0.05, 0.1) is 11.3 Å². The minimum absolute atomic E-state index is 0.0781. The van der Waals surface area contributed by atoms with Crippen LogP contribution in [-0.2, 0) is 11.0 Å². The maximum atomic E-state index is 12.7. The van der Waals surface area contributed by atoms with Gasteiger partial charge in [0.15, 0.2) is 0 Å². The molecule has 2 rings (SSSR count). The third-order valence-electron chi connectivity index (χ3n) is 2.34. The zero-order valence-electron chi connectivity index (χ0n) is 9.57. The van der Waals surface area contributed by atoms with Crippen LogP contribution in [-0.4, -0.2) is 16.6 Å². The number of hydrogen-bond donors (Lipinski definition) is 1. The van der Waals surface area contributed by atoms with Crippen molar-refractivity contribution in [1.82, 2.24) is 4.98 Å². The molecule has 1 amide bonds. The van der Waals surface area contributed by atoms with Crippen LogP contribution in [0.1, 0.15) is 5.69 Å². The smallest absolute Gasteiger partial charge is 0.369 e. The Morgan fingerprint density at radius 3 is 2.63 bits per heavy atom. The third kappa shape index (κ3) is 3.17. The number of amides is 1. The van der Waals surface area contributed by atoms with Gasteiger partial charge < -0.3 is 5.73 Å². The standard InChI is InChI=1S/C12H9F3N2OS/c13-12(14,15)10-5-9(19-6-11(16)18)7-3-1-2-4-8(7)17-10/h1-5H,6H2,(H2,16,18). The maximum Gasteiger partial charge on any atom is 0.433 e. The number of aromatic nitrogens is 1. The fourth-order valence-electron chi connectivity index (χ4n) is 1.56. The largest absolute Gasteiger partial charge is 0.433 e.